The fraction of sp³-hybridized carbons (Fsp3) is 0.389. The third kappa shape index (κ3) is 3.30. The highest BCUT2D eigenvalue weighted by atomic mass is 19.1. The van der Waals surface area contributed by atoms with E-state index in [-0.39, 0.29) is 11.9 Å². The number of aromatic nitrogens is 1. The predicted octanol–water partition coefficient (Wildman–Crippen LogP) is 4.07. The number of pyridine rings is 1. The van der Waals surface area contributed by atoms with E-state index in [9.17, 15) is 4.39 Å². The van der Waals surface area contributed by atoms with Crippen molar-refractivity contribution in [1.82, 2.24) is 10.3 Å². The molecule has 1 aromatic carbocycles. The summed E-state index contributed by atoms with van der Waals surface area (Å²) < 4.78 is 13.1. The lowest BCUT2D eigenvalue weighted by Crippen LogP contribution is -2.25. The molecule has 0 saturated heterocycles. The van der Waals surface area contributed by atoms with Gasteiger partial charge in [0.1, 0.15) is 5.82 Å². The molecule has 0 bridgehead atoms. The van der Waals surface area contributed by atoms with Crippen LogP contribution in [-0.4, -0.2) is 11.5 Å². The molecule has 1 aliphatic carbocycles. The Morgan fingerprint density at radius 1 is 1.24 bits per heavy atom. The SMILES string of the molecule is CCCNC(c1ccc(F)cn1)C1CC1c1ccccc1. The highest BCUT2D eigenvalue weighted by Gasteiger charge is 2.44. The Balaban J connectivity index is 1.76. The van der Waals surface area contributed by atoms with Crippen LogP contribution in [0, 0.1) is 11.7 Å². The molecule has 0 amide bonds. The van der Waals surface area contributed by atoms with Crippen LogP contribution in [0.4, 0.5) is 4.39 Å². The van der Waals surface area contributed by atoms with E-state index in [0.717, 1.165) is 18.7 Å². The molecule has 1 fully saturated rings. The molecule has 1 N–H and O–H groups in total. The zero-order chi connectivity index (χ0) is 14.7. The lowest BCUT2D eigenvalue weighted by molar-refractivity contribution is 0.461. The summed E-state index contributed by atoms with van der Waals surface area (Å²) in [6.07, 6.45) is 3.57. The summed E-state index contributed by atoms with van der Waals surface area (Å²) in [4.78, 5) is 4.28. The van der Waals surface area contributed by atoms with Crippen molar-refractivity contribution in [1.29, 1.82) is 0 Å². The first kappa shape index (κ1) is 14.2. The van der Waals surface area contributed by atoms with Crippen molar-refractivity contribution in [3.05, 3.63) is 65.7 Å². The predicted molar refractivity (Wildman–Crippen MR) is 82.5 cm³/mol. The van der Waals surface area contributed by atoms with E-state index in [1.54, 1.807) is 0 Å². The van der Waals surface area contributed by atoms with E-state index < -0.39 is 0 Å². The maximum Gasteiger partial charge on any atom is 0.141 e. The molecule has 1 aromatic heterocycles. The van der Waals surface area contributed by atoms with Gasteiger partial charge in [0, 0.05) is 0 Å². The minimum Gasteiger partial charge on any atom is -0.308 e. The molecule has 3 atom stereocenters. The smallest absolute Gasteiger partial charge is 0.141 e. The third-order valence-corrected chi connectivity index (χ3v) is 4.18. The Hall–Kier alpha value is -1.74. The van der Waals surface area contributed by atoms with Crippen LogP contribution in [-0.2, 0) is 0 Å². The topological polar surface area (TPSA) is 24.9 Å². The highest BCUT2D eigenvalue weighted by molar-refractivity contribution is 5.28. The number of nitrogens with zero attached hydrogens (tertiary/aromatic N) is 1. The Bertz CT molecular complexity index is 568. The standard InChI is InChI=1S/C18H21FN2/c1-2-10-20-18(17-9-8-14(19)12-21-17)16-11-15(16)13-6-4-3-5-7-13/h3-9,12,15-16,18,20H,2,10-11H2,1H3. The number of rotatable bonds is 6. The van der Waals surface area contributed by atoms with Gasteiger partial charge in [0.2, 0.25) is 0 Å². The molecule has 1 heterocycles. The van der Waals surface area contributed by atoms with Gasteiger partial charge in [0.25, 0.3) is 0 Å². The first-order valence-corrected chi connectivity index (χ1v) is 7.69. The molecule has 2 aromatic rings. The monoisotopic (exact) mass is 284 g/mol. The van der Waals surface area contributed by atoms with Crippen molar-refractivity contribution in [2.45, 2.75) is 31.7 Å². The lowest BCUT2D eigenvalue weighted by Gasteiger charge is -2.18. The minimum absolute atomic E-state index is 0.218. The number of benzene rings is 1. The largest absolute Gasteiger partial charge is 0.308 e. The Labute approximate surface area is 125 Å². The quantitative estimate of drug-likeness (QED) is 0.865. The Morgan fingerprint density at radius 2 is 2.05 bits per heavy atom. The van der Waals surface area contributed by atoms with Crippen LogP contribution in [0.3, 0.4) is 0 Å². The Kier molecular flexibility index (Phi) is 4.30. The minimum atomic E-state index is -0.275. The first-order chi connectivity index (χ1) is 10.3. The van der Waals surface area contributed by atoms with Crippen LogP contribution >= 0.6 is 0 Å². The molecule has 3 rings (SSSR count). The van der Waals surface area contributed by atoms with Gasteiger partial charge in [-0.15, -0.1) is 0 Å². The van der Waals surface area contributed by atoms with E-state index in [1.165, 1.54) is 24.2 Å². The van der Waals surface area contributed by atoms with Crippen molar-refractivity contribution in [2.75, 3.05) is 6.54 Å². The molecule has 3 unspecified atom stereocenters. The van der Waals surface area contributed by atoms with E-state index in [0.29, 0.717) is 11.8 Å². The molecule has 0 spiro atoms. The number of hydrogen-bond acceptors (Lipinski definition) is 2. The van der Waals surface area contributed by atoms with Crippen LogP contribution in [0.5, 0.6) is 0 Å². The van der Waals surface area contributed by atoms with Crippen molar-refractivity contribution < 1.29 is 4.39 Å². The molecule has 21 heavy (non-hydrogen) atoms. The van der Waals surface area contributed by atoms with Gasteiger partial charge >= 0.3 is 0 Å². The Morgan fingerprint density at radius 3 is 2.71 bits per heavy atom. The molecular formula is C18H21FN2. The lowest BCUT2D eigenvalue weighted by atomic mass is 10.0. The molecule has 2 nitrogen and oxygen atoms in total. The molecule has 0 aliphatic heterocycles. The second-order valence-corrected chi connectivity index (χ2v) is 5.75. The highest BCUT2D eigenvalue weighted by Crippen LogP contribution is 2.53. The van der Waals surface area contributed by atoms with E-state index in [2.05, 4.69) is 47.6 Å². The number of halogens is 1. The fourth-order valence-electron chi connectivity index (χ4n) is 3.01. The average Bonchev–Trinajstić information content (AvgIpc) is 3.31. The zero-order valence-electron chi connectivity index (χ0n) is 12.3. The van der Waals surface area contributed by atoms with Crippen LogP contribution in [0.2, 0.25) is 0 Å². The summed E-state index contributed by atoms with van der Waals surface area (Å²) in [5, 5.41) is 3.58. The van der Waals surface area contributed by atoms with Gasteiger partial charge in [-0.1, -0.05) is 37.3 Å². The molecule has 1 aliphatic rings. The first-order valence-electron chi connectivity index (χ1n) is 7.69. The summed E-state index contributed by atoms with van der Waals surface area (Å²) in [6.45, 7) is 3.12. The number of nitrogens with one attached hydrogen (secondary N) is 1. The maximum absolute atomic E-state index is 13.1. The summed E-state index contributed by atoms with van der Waals surface area (Å²) in [7, 11) is 0. The van der Waals surface area contributed by atoms with Crippen molar-refractivity contribution >= 4 is 0 Å². The zero-order valence-corrected chi connectivity index (χ0v) is 12.3. The van der Waals surface area contributed by atoms with Gasteiger partial charge in [-0.05, 0) is 48.9 Å². The van der Waals surface area contributed by atoms with Crippen LogP contribution in [0.25, 0.3) is 0 Å². The second-order valence-electron chi connectivity index (χ2n) is 5.75. The van der Waals surface area contributed by atoms with Crippen LogP contribution in [0.15, 0.2) is 48.7 Å². The van der Waals surface area contributed by atoms with E-state index in [1.807, 2.05) is 6.07 Å². The van der Waals surface area contributed by atoms with Crippen LogP contribution in [0.1, 0.15) is 43.0 Å². The molecule has 0 radical (unpaired) electrons. The fourth-order valence-corrected chi connectivity index (χ4v) is 3.01. The van der Waals surface area contributed by atoms with Gasteiger partial charge in [-0.2, -0.15) is 0 Å². The van der Waals surface area contributed by atoms with Crippen LogP contribution < -0.4 is 5.32 Å². The van der Waals surface area contributed by atoms with Gasteiger partial charge in [0.15, 0.2) is 0 Å². The average molecular weight is 284 g/mol. The summed E-state index contributed by atoms with van der Waals surface area (Å²) in [5.74, 6) is 0.868. The van der Waals surface area contributed by atoms with Crippen molar-refractivity contribution in [3.8, 4) is 0 Å². The molecule has 110 valence electrons. The summed E-state index contributed by atoms with van der Waals surface area (Å²) in [6, 6.07) is 14.2. The second kappa shape index (κ2) is 6.35. The van der Waals surface area contributed by atoms with Gasteiger partial charge in [-0.3, -0.25) is 4.98 Å². The van der Waals surface area contributed by atoms with Crippen molar-refractivity contribution in [3.63, 3.8) is 0 Å². The third-order valence-electron chi connectivity index (χ3n) is 4.18. The maximum atomic E-state index is 13.1. The van der Waals surface area contributed by atoms with E-state index in [4.69, 9.17) is 0 Å². The summed E-state index contributed by atoms with van der Waals surface area (Å²) in [5.41, 5.74) is 2.35. The van der Waals surface area contributed by atoms with E-state index >= 15 is 0 Å². The van der Waals surface area contributed by atoms with Gasteiger partial charge < -0.3 is 5.32 Å². The summed E-state index contributed by atoms with van der Waals surface area (Å²) >= 11 is 0. The molecular weight excluding hydrogens is 263 g/mol. The number of hydrogen-bond donors (Lipinski definition) is 1. The van der Waals surface area contributed by atoms with Gasteiger partial charge in [-0.25, -0.2) is 4.39 Å². The van der Waals surface area contributed by atoms with Gasteiger partial charge in [0.05, 0.1) is 17.9 Å². The molecule has 3 heteroatoms. The normalized spacial score (nSPS) is 22.0. The molecule has 1 saturated carbocycles. The van der Waals surface area contributed by atoms with Crippen molar-refractivity contribution in [2.24, 2.45) is 5.92 Å².